The highest BCUT2D eigenvalue weighted by molar-refractivity contribution is 5.86. The minimum absolute atomic E-state index is 0. The van der Waals surface area contributed by atoms with Gasteiger partial charge in [0.25, 0.3) is 0 Å². The van der Waals surface area contributed by atoms with Crippen molar-refractivity contribution >= 4 is 24.3 Å². The Morgan fingerprint density at radius 2 is 1.86 bits per heavy atom. The molecule has 5 nitrogen and oxygen atoms in total. The standard InChI is InChI=1S/C15H22N2O3.ClH/c1-11(10-16-2)14(18)17-13(15(19)20-3)9-12-7-5-4-6-8-12;/h4-8,11,13,16H,9-10H2,1-3H3,(H,17,18);1H. The Morgan fingerprint density at radius 3 is 2.38 bits per heavy atom. The second-order valence-electron chi connectivity index (χ2n) is 4.73. The molecular weight excluding hydrogens is 292 g/mol. The molecule has 1 rings (SSSR count). The molecule has 0 heterocycles. The van der Waals surface area contributed by atoms with Gasteiger partial charge in [0.2, 0.25) is 5.91 Å². The van der Waals surface area contributed by atoms with Gasteiger partial charge >= 0.3 is 5.97 Å². The van der Waals surface area contributed by atoms with Gasteiger partial charge in [-0.1, -0.05) is 37.3 Å². The van der Waals surface area contributed by atoms with Gasteiger partial charge in [-0.2, -0.15) is 0 Å². The summed E-state index contributed by atoms with van der Waals surface area (Å²) in [5.74, 6) is -0.799. The van der Waals surface area contributed by atoms with Crippen LogP contribution < -0.4 is 10.6 Å². The molecule has 118 valence electrons. The Morgan fingerprint density at radius 1 is 1.24 bits per heavy atom. The van der Waals surface area contributed by atoms with Crippen LogP contribution >= 0.6 is 12.4 Å². The lowest BCUT2D eigenvalue weighted by atomic mass is 10.0. The molecule has 2 unspecified atom stereocenters. The average Bonchev–Trinajstić information content (AvgIpc) is 2.47. The molecule has 1 aromatic carbocycles. The zero-order valence-electron chi connectivity index (χ0n) is 12.6. The van der Waals surface area contributed by atoms with E-state index in [-0.39, 0.29) is 24.2 Å². The van der Waals surface area contributed by atoms with Crippen LogP contribution in [0.25, 0.3) is 0 Å². The second kappa shape index (κ2) is 10.2. The van der Waals surface area contributed by atoms with E-state index in [1.165, 1.54) is 7.11 Å². The van der Waals surface area contributed by atoms with E-state index in [2.05, 4.69) is 10.6 Å². The van der Waals surface area contributed by atoms with Crippen molar-refractivity contribution in [1.82, 2.24) is 10.6 Å². The maximum Gasteiger partial charge on any atom is 0.328 e. The molecule has 0 saturated carbocycles. The molecule has 0 fully saturated rings. The molecule has 0 saturated heterocycles. The van der Waals surface area contributed by atoms with E-state index in [1.807, 2.05) is 37.3 Å². The summed E-state index contributed by atoms with van der Waals surface area (Å²) in [6, 6.07) is 8.88. The number of hydrogen-bond donors (Lipinski definition) is 2. The molecule has 2 atom stereocenters. The summed E-state index contributed by atoms with van der Waals surface area (Å²) < 4.78 is 4.76. The molecule has 0 aliphatic carbocycles. The van der Waals surface area contributed by atoms with Crippen LogP contribution in [0.3, 0.4) is 0 Å². The molecule has 1 amide bonds. The van der Waals surface area contributed by atoms with E-state index >= 15 is 0 Å². The van der Waals surface area contributed by atoms with Gasteiger partial charge in [0.15, 0.2) is 0 Å². The van der Waals surface area contributed by atoms with E-state index in [9.17, 15) is 9.59 Å². The molecule has 2 N–H and O–H groups in total. The molecular formula is C15H23ClN2O3. The molecule has 0 radical (unpaired) electrons. The predicted octanol–water partition coefficient (Wildman–Crippen LogP) is 1.16. The summed E-state index contributed by atoms with van der Waals surface area (Å²) in [6.45, 7) is 2.37. The maximum atomic E-state index is 12.0. The van der Waals surface area contributed by atoms with Gasteiger partial charge < -0.3 is 15.4 Å². The summed E-state index contributed by atoms with van der Waals surface area (Å²) in [4.78, 5) is 23.8. The Hall–Kier alpha value is -1.59. The molecule has 0 aliphatic heterocycles. The van der Waals surface area contributed by atoms with Gasteiger partial charge in [-0.3, -0.25) is 4.79 Å². The zero-order chi connectivity index (χ0) is 15.0. The number of esters is 1. The number of carbonyl (C=O) groups excluding carboxylic acids is 2. The highest BCUT2D eigenvalue weighted by Gasteiger charge is 2.24. The normalized spacial score (nSPS) is 12.7. The molecule has 1 aromatic rings. The lowest BCUT2D eigenvalue weighted by Crippen LogP contribution is -2.46. The highest BCUT2D eigenvalue weighted by atomic mass is 35.5. The molecule has 0 aromatic heterocycles. The van der Waals surface area contributed by atoms with Gasteiger partial charge in [0.05, 0.1) is 7.11 Å². The topological polar surface area (TPSA) is 67.4 Å². The number of ether oxygens (including phenoxy) is 1. The number of rotatable bonds is 7. The first-order valence-corrected chi connectivity index (χ1v) is 6.65. The molecule has 6 heteroatoms. The fraction of sp³-hybridized carbons (Fsp3) is 0.467. The second-order valence-corrected chi connectivity index (χ2v) is 4.73. The number of halogens is 1. The zero-order valence-corrected chi connectivity index (χ0v) is 13.4. The largest absolute Gasteiger partial charge is 0.467 e. The van der Waals surface area contributed by atoms with Crippen LogP contribution in [0.1, 0.15) is 12.5 Å². The highest BCUT2D eigenvalue weighted by Crippen LogP contribution is 2.05. The van der Waals surface area contributed by atoms with Crippen molar-refractivity contribution in [3.63, 3.8) is 0 Å². The van der Waals surface area contributed by atoms with Crippen molar-refractivity contribution in [1.29, 1.82) is 0 Å². The number of hydrogen-bond acceptors (Lipinski definition) is 4. The number of benzene rings is 1. The summed E-state index contributed by atoms with van der Waals surface area (Å²) in [7, 11) is 3.11. The summed E-state index contributed by atoms with van der Waals surface area (Å²) in [6.07, 6.45) is 0.422. The molecule has 0 spiro atoms. The van der Waals surface area contributed by atoms with E-state index in [0.717, 1.165) is 5.56 Å². The lowest BCUT2D eigenvalue weighted by molar-refractivity contribution is -0.145. The first-order chi connectivity index (χ1) is 9.58. The van der Waals surface area contributed by atoms with E-state index < -0.39 is 12.0 Å². The Kier molecular flexibility index (Phi) is 9.41. The number of nitrogens with one attached hydrogen (secondary N) is 2. The van der Waals surface area contributed by atoms with Gasteiger partial charge in [-0.05, 0) is 12.6 Å². The number of amides is 1. The predicted molar refractivity (Wildman–Crippen MR) is 84.4 cm³/mol. The Bertz CT molecular complexity index is 440. The summed E-state index contributed by atoms with van der Waals surface area (Å²) in [5, 5.41) is 5.68. The van der Waals surface area contributed by atoms with Crippen LogP contribution in [-0.4, -0.2) is 38.6 Å². The molecule has 0 bridgehead atoms. The van der Waals surface area contributed by atoms with Crippen LogP contribution in [-0.2, 0) is 20.7 Å². The number of methoxy groups -OCH3 is 1. The van der Waals surface area contributed by atoms with E-state index in [0.29, 0.717) is 13.0 Å². The van der Waals surface area contributed by atoms with Gasteiger partial charge in [-0.15, -0.1) is 12.4 Å². The third-order valence-electron chi connectivity index (χ3n) is 3.04. The smallest absolute Gasteiger partial charge is 0.328 e. The Balaban J connectivity index is 0.00000400. The summed E-state index contributed by atoms with van der Waals surface area (Å²) >= 11 is 0. The van der Waals surface area contributed by atoms with Crippen LogP contribution in [0.15, 0.2) is 30.3 Å². The van der Waals surface area contributed by atoms with E-state index in [1.54, 1.807) is 7.05 Å². The van der Waals surface area contributed by atoms with Crippen molar-refractivity contribution in [3.05, 3.63) is 35.9 Å². The van der Waals surface area contributed by atoms with Crippen molar-refractivity contribution < 1.29 is 14.3 Å². The van der Waals surface area contributed by atoms with Crippen LogP contribution in [0.5, 0.6) is 0 Å². The monoisotopic (exact) mass is 314 g/mol. The minimum Gasteiger partial charge on any atom is -0.467 e. The molecule has 0 aliphatic rings. The third kappa shape index (κ3) is 6.60. The lowest BCUT2D eigenvalue weighted by Gasteiger charge is -2.19. The van der Waals surface area contributed by atoms with E-state index in [4.69, 9.17) is 4.74 Å². The van der Waals surface area contributed by atoms with Crippen molar-refractivity contribution in [2.45, 2.75) is 19.4 Å². The van der Waals surface area contributed by atoms with Crippen LogP contribution in [0.4, 0.5) is 0 Å². The Labute approximate surface area is 131 Å². The summed E-state index contributed by atoms with van der Waals surface area (Å²) in [5.41, 5.74) is 0.976. The van der Waals surface area contributed by atoms with Crippen molar-refractivity contribution in [2.75, 3.05) is 20.7 Å². The van der Waals surface area contributed by atoms with Gasteiger partial charge in [0, 0.05) is 18.9 Å². The quantitative estimate of drug-likeness (QED) is 0.741. The minimum atomic E-state index is -0.658. The third-order valence-corrected chi connectivity index (χ3v) is 3.04. The molecule has 21 heavy (non-hydrogen) atoms. The number of carbonyl (C=O) groups is 2. The van der Waals surface area contributed by atoms with Gasteiger partial charge in [0.1, 0.15) is 6.04 Å². The van der Waals surface area contributed by atoms with Crippen molar-refractivity contribution in [2.24, 2.45) is 5.92 Å². The fourth-order valence-corrected chi connectivity index (χ4v) is 1.90. The van der Waals surface area contributed by atoms with Crippen molar-refractivity contribution in [3.8, 4) is 0 Å². The van der Waals surface area contributed by atoms with Crippen LogP contribution in [0.2, 0.25) is 0 Å². The fourth-order valence-electron chi connectivity index (χ4n) is 1.90. The first kappa shape index (κ1) is 19.4. The van der Waals surface area contributed by atoms with Gasteiger partial charge in [-0.25, -0.2) is 4.79 Å². The average molecular weight is 315 g/mol. The van der Waals surface area contributed by atoms with Crippen LogP contribution in [0, 0.1) is 5.92 Å². The SMILES string of the molecule is CNCC(C)C(=O)NC(Cc1ccccc1)C(=O)OC.Cl. The maximum absolute atomic E-state index is 12.0. The first-order valence-electron chi connectivity index (χ1n) is 6.65.